The van der Waals surface area contributed by atoms with Gasteiger partial charge in [0.2, 0.25) is 0 Å². The lowest BCUT2D eigenvalue weighted by atomic mass is 9.73. The molecule has 3 aliphatic rings. The van der Waals surface area contributed by atoms with E-state index in [1.54, 1.807) is 7.11 Å². The zero-order valence-electron chi connectivity index (χ0n) is 20.8. The molecular formula is C30H30N4O3. The molecule has 3 aliphatic heterocycles. The summed E-state index contributed by atoms with van der Waals surface area (Å²) in [5, 5.41) is 7.76. The predicted octanol–water partition coefficient (Wildman–Crippen LogP) is 4.63. The Labute approximate surface area is 215 Å². The van der Waals surface area contributed by atoms with Crippen LogP contribution in [0.2, 0.25) is 0 Å². The summed E-state index contributed by atoms with van der Waals surface area (Å²) in [6, 6.07) is 17.4. The molecule has 7 rings (SSSR count). The Balaban J connectivity index is 1.38. The molecule has 3 fully saturated rings. The molecule has 7 nitrogen and oxygen atoms in total. The first-order valence-electron chi connectivity index (χ1n) is 12.8. The van der Waals surface area contributed by atoms with E-state index >= 15 is 0 Å². The van der Waals surface area contributed by atoms with E-state index in [-0.39, 0.29) is 12.1 Å². The first kappa shape index (κ1) is 23.4. The van der Waals surface area contributed by atoms with Crippen LogP contribution >= 0.6 is 0 Å². The van der Waals surface area contributed by atoms with Crippen molar-refractivity contribution in [1.29, 1.82) is 0 Å². The molecule has 4 aromatic rings. The van der Waals surface area contributed by atoms with E-state index in [2.05, 4.69) is 39.2 Å². The number of hydrogen-bond donors (Lipinski definition) is 2. The molecule has 0 aliphatic carbocycles. The van der Waals surface area contributed by atoms with Crippen molar-refractivity contribution in [2.24, 2.45) is 11.8 Å². The third kappa shape index (κ3) is 4.09. The van der Waals surface area contributed by atoms with Gasteiger partial charge in [0.05, 0.1) is 18.7 Å². The van der Waals surface area contributed by atoms with Crippen molar-refractivity contribution >= 4 is 28.0 Å². The van der Waals surface area contributed by atoms with Crippen molar-refractivity contribution in [1.82, 2.24) is 9.88 Å². The van der Waals surface area contributed by atoms with Gasteiger partial charge in [-0.05, 0) is 73.2 Å². The van der Waals surface area contributed by atoms with Gasteiger partial charge in [-0.1, -0.05) is 24.3 Å². The first-order chi connectivity index (χ1) is 18.1. The Kier molecular flexibility index (Phi) is 6.00. The van der Waals surface area contributed by atoms with Gasteiger partial charge < -0.3 is 15.4 Å². The third-order valence-corrected chi connectivity index (χ3v) is 8.13. The van der Waals surface area contributed by atoms with Crippen molar-refractivity contribution in [2.45, 2.75) is 24.9 Å². The molecule has 2 bridgehead atoms. The van der Waals surface area contributed by atoms with Gasteiger partial charge >= 0.3 is 0 Å². The molecule has 0 spiro atoms. The Hall–Kier alpha value is -3.97. The van der Waals surface area contributed by atoms with E-state index in [0.717, 1.165) is 53.8 Å². The highest BCUT2D eigenvalue weighted by atomic mass is 16.5. The average Bonchev–Trinajstić information content (AvgIpc) is 2.97. The standard InChI is InChI=1S/C30H30N4O3/c1-3-18-17-34-15-13-19(18)16-25(34)26(23-12-14-31-24-7-5-4-6-22(23)24)33-28-27(29(35)30(28)36)32-20-8-10-21(37-2)11-9-20/h3-12,14,18-19,25-26,32-33H,1,13,15-17H2,2H3/t18?,19?,25-,26-/m0/s1. The normalized spacial score (nSPS) is 23.6. The van der Waals surface area contributed by atoms with Gasteiger partial charge in [0, 0.05) is 29.9 Å². The number of benzene rings is 2. The number of pyridine rings is 1. The maximum absolute atomic E-state index is 12.9. The zero-order chi connectivity index (χ0) is 25.5. The Bertz CT molecular complexity index is 1520. The topological polar surface area (TPSA) is 83.6 Å². The third-order valence-electron chi connectivity index (χ3n) is 8.13. The summed E-state index contributed by atoms with van der Waals surface area (Å²) in [6.07, 6.45) is 6.07. The molecule has 3 aromatic carbocycles. The number of aromatic nitrogens is 1. The minimum Gasteiger partial charge on any atom is -0.497 e. The molecular weight excluding hydrogens is 464 g/mol. The molecule has 4 heterocycles. The molecule has 0 amide bonds. The van der Waals surface area contributed by atoms with E-state index in [1.807, 2.05) is 54.7 Å². The smallest absolute Gasteiger partial charge is 0.253 e. The van der Waals surface area contributed by atoms with Crippen LogP contribution in [0.25, 0.3) is 10.9 Å². The van der Waals surface area contributed by atoms with Crippen molar-refractivity contribution in [3.05, 3.63) is 99.5 Å². The highest BCUT2D eigenvalue weighted by Crippen LogP contribution is 2.43. The average molecular weight is 495 g/mol. The second-order valence-electron chi connectivity index (χ2n) is 10.0. The number of hydrogen-bond acceptors (Lipinski definition) is 7. The number of nitrogens with zero attached hydrogens (tertiary/aromatic N) is 2. The maximum Gasteiger partial charge on any atom is 0.253 e. The summed E-state index contributed by atoms with van der Waals surface area (Å²) >= 11 is 0. The van der Waals surface area contributed by atoms with Crippen LogP contribution < -0.4 is 26.2 Å². The SMILES string of the molecule is C=CC1CN2CCC1C[C@H]2[C@@H](Nc1c(Nc2ccc(OC)cc2)c(=O)c1=O)c1ccnc2ccccc12. The van der Waals surface area contributed by atoms with Crippen LogP contribution in [0.4, 0.5) is 17.1 Å². The summed E-state index contributed by atoms with van der Waals surface area (Å²) in [4.78, 5) is 32.6. The summed E-state index contributed by atoms with van der Waals surface area (Å²) in [5.74, 6) is 1.77. The van der Waals surface area contributed by atoms with Crippen LogP contribution in [-0.2, 0) is 0 Å². The number of para-hydroxylation sites is 1. The largest absolute Gasteiger partial charge is 0.497 e. The highest BCUT2D eigenvalue weighted by Gasteiger charge is 2.43. The fourth-order valence-corrected chi connectivity index (χ4v) is 6.12. The van der Waals surface area contributed by atoms with Gasteiger partial charge in [-0.2, -0.15) is 0 Å². The van der Waals surface area contributed by atoms with Gasteiger partial charge in [0.25, 0.3) is 10.9 Å². The molecule has 3 saturated heterocycles. The lowest BCUT2D eigenvalue weighted by molar-refractivity contribution is 0.0105. The Morgan fingerprint density at radius 2 is 1.86 bits per heavy atom. The Morgan fingerprint density at radius 3 is 2.59 bits per heavy atom. The monoisotopic (exact) mass is 494 g/mol. The van der Waals surface area contributed by atoms with Gasteiger partial charge in [-0.15, -0.1) is 6.58 Å². The van der Waals surface area contributed by atoms with Crippen molar-refractivity contribution in [3.8, 4) is 5.75 Å². The van der Waals surface area contributed by atoms with Crippen LogP contribution in [0.1, 0.15) is 24.4 Å². The van der Waals surface area contributed by atoms with E-state index in [4.69, 9.17) is 4.74 Å². The highest BCUT2D eigenvalue weighted by molar-refractivity contribution is 5.84. The van der Waals surface area contributed by atoms with Crippen LogP contribution in [0.3, 0.4) is 0 Å². The lowest BCUT2D eigenvalue weighted by Crippen LogP contribution is -2.56. The summed E-state index contributed by atoms with van der Waals surface area (Å²) in [5.41, 5.74) is 2.37. The van der Waals surface area contributed by atoms with Crippen molar-refractivity contribution in [3.63, 3.8) is 0 Å². The Morgan fingerprint density at radius 1 is 1.08 bits per heavy atom. The van der Waals surface area contributed by atoms with Crippen LogP contribution in [0.15, 0.2) is 83.0 Å². The van der Waals surface area contributed by atoms with E-state index < -0.39 is 10.9 Å². The fourth-order valence-electron chi connectivity index (χ4n) is 6.12. The number of fused-ring (bicyclic) bond motifs is 4. The number of methoxy groups -OCH3 is 1. The van der Waals surface area contributed by atoms with Crippen LogP contribution in [-0.4, -0.2) is 36.1 Å². The molecule has 2 N–H and O–H groups in total. The second-order valence-corrected chi connectivity index (χ2v) is 10.0. The van der Waals surface area contributed by atoms with E-state index in [1.165, 1.54) is 0 Å². The number of anilines is 3. The summed E-state index contributed by atoms with van der Waals surface area (Å²) in [7, 11) is 1.61. The minimum atomic E-state index is -0.506. The molecule has 5 atom stereocenters. The number of nitrogens with one attached hydrogen (secondary N) is 2. The fraction of sp³-hybridized carbons (Fsp3) is 0.300. The molecule has 3 unspecified atom stereocenters. The number of ether oxygens (including phenoxy) is 1. The molecule has 0 saturated carbocycles. The predicted molar refractivity (Wildman–Crippen MR) is 148 cm³/mol. The number of piperidine rings is 3. The van der Waals surface area contributed by atoms with Gasteiger partial charge in [0.15, 0.2) is 0 Å². The zero-order valence-corrected chi connectivity index (χ0v) is 20.8. The lowest BCUT2D eigenvalue weighted by Gasteiger charge is -2.52. The van der Waals surface area contributed by atoms with Gasteiger partial charge in [-0.3, -0.25) is 19.5 Å². The maximum atomic E-state index is 12.9. The molecule has 37 heavy (non-hydrogen) atoms. The summed E-state index contributed by atoms with van der Waals surface area (Å²) < 4.78 is 5.23. The molecule has 7 heteroatoms. The first-order valence-corrected chi connectivity index (χ1v) is 12.8. The van der Waals surface area contributed by atoms with E-state index in [9.17, 15) is 9.59 Å². The van der Waals surface area contributed by atoms with Crippen LogP contribution in [0, 0.1) is 11.8 Å². The number of rotatable bonds is 8. The molecule has 188 valence electrons. The van der Waals surface area contributed by atoms with Crippen molar-refractivity contribution in [2.75, 3.05) is 30.8 Å². The van der Waals surface area contributed by atoms with Gasteiger partial charge in [-0.25, -0.2) is 0 Å². The van der Waals surface area contributed by atoms with E-state index in [0.29, 0.717) is 23.2 Å². The second kappa shape index (κ2) is 9.48. The molecule has 1 aromatic heterocycles. The summed E-state index contributed by atoms with van der Waals surface area (Å²) in [6.45, 7) is 6.04. The van der Waals surface area contributed by atoms with Gasteiger partial charge in [0.1, 0.15) is 17.1 Å². The quantitative estimate of drug-likeness (QED) is 0.273. The molecule has 0 radical (unpaired) electrons. The minimum absolute atomic E-state index is 0.179. The van der Waals surface area contributed by atoms with Crippen LogP contribution in [0.5, 0.6) is 5.75 Å². The van der Waals surface area contributed by atoms with Crippen molar-refractivity contribution < 1.29 is 4.74 Å².